The molecule has 1 aliphatic rings. The molecule has 2 N–H and O–H groups in total. The van der Waals surface area contributed by atoms with Crippen molar-refractivity contribution < 1.29 is 9.13 Å². The number of nitrogen functional groups attached to an aromatic ring is 1. The monoisotopic (exact) mass is 243 g/mol. The summed E-state index contributed by atoms with van der Waals surface area (Å²) in [5, 5.41) is 0. The maximum atomic E-state index is 13.6. The first-order valence-corrected chi connectivity index (χ1v) is 6.07. The van der Waals surface area contributed by atoms with Gasteiger partial charge in [-0.3, -0.25) is 0 Å². The summed E-state index contributed by atoms with van der Waals surface area (Å²) in [6.45, 7) is 0. The lowest BCUT2D eigenvalue weighted by atomic mass is 10.1. The Morgan fingerprint density at radius 1 is 1.00 bits per heavy atom. The number of aryl methyl sites for hydroxylation is 2. The molecule has 18 heavy (non-hydrogen) atoms. The quantitative estimate of drug-likeness (QED) is 0.816. The average molecular weight is 243 g/mol. The number of hydrogen-bond acceptors (Lipinski definition) is 2. The third-order valence-electron chi connectivity index (χ3n) is 3.25. The van der Waals surface area contributed by atoms with Crippen molar-refractivity contribution in [1.82, 2.24) is 0 Å². The second-order valence-corrected chi connectivity index (χ2v) is 4.58. The molecule has 3 heteroatoms. The Labute approximate surface area is 105 Å². The van der Waals surface area contributed by atoms with Gasteiger partial charge in [0.05, 0.1) is 0 Å². The first kappa shape index (κ1) is 11.1. The van der Waals surface area contributed by atoms with E-state index >= 15 is 0 Å². The molecular weight excluding hydrogens is 229 g/mol. The van der Waals surface area contributed by atoms with Crippen molar-refractivity contribution in [2.24, 2.45) is 0 Å². The van der Waals surface area contributed by atoms with Crippen LogP contribution < -0.4 is 10.5 Å². The molecule has 0 amide bonds. The number of anilines is 1. The summed E-state index contributed by atoms with van der Waals surface area (Å²) >= 11 is 0. The molecule has 2 aromatic carbocycles. The second kappa shape index (κ2) is 4.33. The molecule has 2 nitrogen and oxygen atoms in total. The van der Waals surface area contributed by atoms with E-state index in [1.165, 1.54) is 23.6 Å². The summed E-state index contributed by atoms with van der Waals surface area (Å²) in [4.78, 5) is 0. The minimum atomic E-state index is -0.435. The Hall–Kier alpha value is -2.03. The molecule has 1 aliphatic carbocycles. The summed E-state index contributed by atoms with van der Waals surface area (Å²) in [5.41, 5.74) is 8.58. The molecule has 0 atom stereocenters. The highest BCUT2D eigenvalue weighted by Crippen LogP contribution is 2.30. The van der Waals surface area contributed by atoms with Crippen LogP contribution in [0, 0.1) is 5.82 Å². The van der Waals surface area contributed by atoms with Gasteiger partial charge in [-0.05, 0) is 54.7 Å². The second-order valence-electron chi connectivity index (χ2n) is 4.58. The van der Waals surface area contributed by atoms with Gasteiger partial charge in [0.15, 0.2) is 11.6 Å². The third kappa shape index (κ3) is 2.04. The lowest BCUT2D eigenvalue weighted by molar-refractivity contribution is 0.442. The molecule has 0 unspecified atom stereocenters. The highest BCUT2D eigenvalue weighted by atomic mass is 19.1. The highest BCUT2D eigenvalue weighted by molar-refractivity contribution is 5.45. The molecule has 0 saturated carbocycles. The van der Waals surface area contributed by atoms with Gasteiger partial charge < -0.3 is 10.5 Å². The normalized spacial score (nSPS) is 13.4. The molecule has 0 saturated heterocycles. The zero-order chi connectivity index (χ0) is 12.5. The van der Waals surface area contributed by atoms with Crippen LogP contribution >= 0.6 is 0 Å². The van der Waals surface area contributed by atoms with Gasteiger partial charge in [0.1, 0.15) is 5.75 Å². The van der Waals surface area contributed by atoms with Gasteiger partial charge >= 0.3 is 0 Å². The standard InChI is InChI=1S/C15H14FNO/c16-14-9-12(17)5-7-15(14)18-13-6-4-10-2-1-3-11(10)8-13/h4-9H,1-3,17H2. The van der Waals surface area contributed by atoms with Crippen molar-refractivity contribution >= 4 is 5.69 Å². The van der Waals surface area contributed by atoms with Crippen LogP contribution in [-0.4, -0.2) is 0 Å². The Morgan fingerprint density at radius 3 is 2.67 bits per heavy atom. The Balaban J connectivity index is 1.88. The number of ether oxygens (including phenoxy) is 1. The third-order valence-corrected chi connectivity index (χ3v) is 3.25. The van der Waals surface area contributed by atoms with Crippen molar-refractivity contribution in [2.45, 2.75) is 19.3 Å². The summed E-state index contributed by atoms with van der Waals surface area (Å²) < 4.78 is 19.2. The van der Waals surface area contributed by atoms with Crippen molar-refractivity contribution in [1.29, 1.82) is 0 Å². The molecular formula is C15H14FNO. The number of rotatable bonds is 2. The topological polar surface area (TPSA) is 35.2 Å². The molecule has 0 spiro atoms. The van der Waals surface area contributed by atoms with Gasteiger partial charge in [0.2, 0.25) is 0 Å². The zero-order valence-corrected chi connectivity index (χ0v) is 9.95. The maximum absolute atomic E-state index is 13.6. The molecule has 0 aliphatic heterocycles. The lowest BCUT2D eigenvalue weighted by Crippen LogP contribution is -1.92. The molecule has 0 radical (unpaired) electrons. The number of halogens is 1. The first-order valence-electron chi connectivity index (χ1n) is 6.07. The smallest absolute Gasteiger partial charge is 0.167 e. The Bertz CT molecular complexity index is 595. The van der Waals surface area contributed by atoms with E-state index in [0.717, 1.165) is 12.8 Å². The SMILES string of the molecule is Nc1ccc(Oc2ccc3c(c2)CCC3)c(F)c1. The van der Waals surface area contributed by atoms with Crippen LogP contribution in [-0.2, 0) is 12.8 Å². The lowest BCUT2D eigenvalue weighted by Gasteiger charge is -2.09. The molecule has 0 heterocycles. The predicted octanol–water partition coefficient (Wildman–Crippen LogP) is 3.69. The average Bonchev–Trinajstić information content (AvgIpc) is 2.80. The van der Waals surface area contributed by atoms with Crippen LogP contribution in [0.15, 0.2) is 36.4 Å². The number of fused-ring (bicyclic) bond motifs is 1. The van der Waals surface area contributed by atoms with E-state index in [2.05, 4.69) is 6.07 Å². The first-order chi connectivity index (χ1) is 8.72. The molecule has 0 aromatic heterocycles. The van der Waals surface area contributed by atoms with Crippen molar-refractivity contribution in [3.8, 4) is 11.5 Å². The van der Waals surface area contributed by atoms with Crippen LogP contribution in [0.3, 0.4) is 0 Å². The fourth-order valence-corrected chi connectivity index (χ4v) is 2.34. The molecule has 92 valence electrons. The molecule has 0 fully saturated rings. The van der Waals surface area contributed by atoms with Crippen molar-refractivity contribution in [3.05, 3.63) is 53.3 Å². The van der Waals surface area contributed by atoms with Crippen LogP contribution in [0.5, 0.6) is 11.5 Å². The van der Waals surface area contributed by atoms with E-state index in [4.69, 9.17) is 10.5 Å². The van der Waals surface area contributed by atoms with Gasteiger partial charge in [-0.2, -0.15) is 0 Å². The zero-order valence-electron chi connectivity index (χ0n) is 9.95. The van der Waals surface area contributed by atoms with E-state index < -0.39 is 5.82 Å². The minimum Gasteiger partial charge on any atom is -0.454 e. The predicted molar refractivity (Wildman–Crippen MR) is 69.4 cm³/mol. The van der Waals surface area contributed by atoms with E-state index in [1.807, 2.05) is 12.1 Å². The number of nitrogens with two attached hydrogens (primary N) is 1. The van der Waals surface area contributed by atoms with E-state index in [1.54, 1.807) is 12.1 Å². The van der Waals surface area contributed by atoms with Crippen LogP contribution in [0.25, 0.3) is 0 Å². The van der Waals surface area contributed by atoms with Gasteiger partial charge in [0, 0.05) is 11.8 Å². The molecule has 0 bridgehead atoms. The summed E-state index contributed by atoms with van der Waals surface area (Å²) in [5.74, 6) is 0.456. The summed E-state index contributed by atoms with van der Waals surface area (Å²) in [6.07, 6.45) is 3.40. The number of benzene rings is 2. The highest BCUT2D eigenvalue weighted by Gasteiger charge is 2.12. The Morgan fingerprint density at radius 2 is 1.83 bits per heavy atom. The van der Waals surface area contributed by atoms with Gasteiger partial charge in [-0.1, -0.05) is 6.07 Å². The minimum absolute atomic E-state index is 0.210. The largest absolute Gasteiger partial charge is 0.454 e. The van der Waals surface area contributed by atoms with Crippen molar-refractivity contribution in [2.75, 3.05) is 5.73 Å². The number of hydrogen-bond donors (Lipinski definition) is 1. The van der Waals surface area contributed by atoms with Gasteiger partial charge in [0.25, 0.3) is 0 Å². The van der Waals surface area contributed by atoms with Crippen LogP contribution in [0.4, 0.5) is 10.1 Å². The Kier molecular flexibility index (Phi) is 2.67. The van der Waals surface area contributed by atoms with E-state index in [9.17, 15) is 4.39 Å². The fraction of sp³-hybridized carbons (Fsp3) is 0.200. The fourth-order valence-electron chi connectivity index (χ4n) is 2.34. The molecule has 3 rings (SSSR count). The van der Waals surface area contributed by atoms with Crippen LogP contribution in [0.1, 0.15) is 17.5 Å². The van der Waals surface area contributed by atoms with Gasteiger partial charge in [-0.15, -0.1) is 0 Å². The maximum Gasteiger partial charge on any atom is 0.167 e. The molecule has 2 aromatic rings. The van der Waals surface area contributed by atoms with Gasteiger partial charge in [-0.25, -0.2) is 4.39 Å². The van der Waals surface area contributed by atoms with Crippen LogP contribution in [0.2, 0.25) is 0 Å². The van der Waals surface area contributed by atoms with Crippen molar-refractivity contribution in [3.63, 3.8) is 0 Å². The van der Waals surface area contributed by atoms with E-state index in [0.29, 0.717) is 11.4 Å². The van der Waals surface area contributed by atoms with E-state index in [-0.39, 0.29) is 5.75 Å². The summed E-state index contributed by atoms with van der Waals surface area (Å²) in [7, 11) is 0. The summed E-state index contributed by atoms with van der Waals surface area (Å²) in [6, 6.07) is 10.4.